The highest BCUT2D eigenvalue weighted by molar-refractivity contribution is 6.10. The Labute approximate surface area is 128 Å². The molecule has 22 heavy (non-hydrogen) atoms. The lowest BCUT2D eigenvalue weighted by atomic mass is 10.0. The van der Waals surface area contributed by atoms with Crippen LogP contribution in [0.1, 0.15) is 19.8 Å². The van der Waals surface area contributed by atoms with Gasteiger partial charge in [-0.2, -0.15) is 0 Å². The van der Waals surface area contributed by atoms with E-state index in [1.54, 1.807) is 11.8 Å². The van der Waals surface area contributed by atoms with Gasteiger partial charge in [-0.25, -0.2) is 0 Å². The molecule has 1 atom stereocenters. The second kappa shape index (κ2) is 5.44. The van der Waals surface area contributed by atoms with Crippen molar-refractivity contribution in [3.05, 3.63) is 30.3 Å². The highest BCUT2D eigenvalue weighted by Crippen LogP contribution is 2.47. The molecule has 0 spiro atoms. The number of hydrogen-bond donors (Lipinski definition) is 1. The van der Waals surface area contributed by atoms with Gasteiger partial charge in [0.15, 0.2) is 0 Å². The molecule has 1 N–H and O–H groups in total. The number of carbonyl (C=O) groups is 3. The minimum atomic E-state index is -1.07. The molecule has 0 aromatic heterocycles. The lowest BCUT2D eigenvalue weighted by Crippen LogP contribution is -2.65. The first kappa shape index (κ1) is 14.6. The van der Waals surface area contributed by atoms with Crippen molar-refractivity contribution < 1.29 is 19.1 Å². The first-order valence-corrected chi connectivity index (χ1v) is 7.43. The molecule has 6 nitrogen and oxygen atoms in total. The first-order chi connectivity index (χ1) is 10.6. The van der Waals surface area contributed by atoms with Gasteiger partial charge in [0, 0.05) is 5.69 Å². The Kier molecular flexibility index (Phi) is 3.60. The Morgan fingerprint density at radius 3 is 2.55 bits per heavy atom. The van der Waals surface area contributed by atoms with Crippen LogP contribution in [0.4, 0.5) is 5.69 Å². The van der Waals surface area contributed by atoms with Gasteiger partial charge < -0.3 is 15.0 Å². The zero-order valence-corrected chi connectivity index (χ0v) is 12.4. The van der Waals surface area contributed by atoms with Crippen molar-refractivity contribution in [1.82, 2.24) is 5.32 Å². The third-order valence-electron chi connectivity index (χ3n) is 4.15. The molecule has 1 aliphatic carbocycles. The number of β-lactam (4-membered cyclic amide) rings is 1. The van der Waals surface area contributed by atoms with Crippen LogP contribution in [0.2, 0.25) is 0 Å². The van der Waals surface area contributed by atoms with Crippen molar-refractivity contribution in [3.8, 4) is 0 Å². The van der Waals surface area contributed by atoms with E-state index in [1.165, 1.54) is 0 Å². The van der Waals surface area contributed by atoms with E-state index in [0.717, 1.165) is 5.69 Å². The summed E-state index contributed by atoms with van der Waals surface area (Å²) >= 11 is 0. The molecule has 1 aliphatic heterocycles. The van der Waals surface area contributed by atoms with E-state index in [-0.39, 0.29) is 12.5 Å². The molecule has 2 amide bonds. The molecule has 2 fully saturated rings. The summed E-state index contributed by atoms with van der Waals surface area (Å²) in [4.78, 5) is 37.8. The maximum Gasteiger partial charge on any atom is 0.321 e. The van der Waals surface area contributed by atoms with Crippen molar-refractivity contribution in [2.45, 2.75) is 25.8 Å². The standard InChI is InChI=1S/C16H18N2O4/c1-2-22-15(21)16(8-9-16)14(20)17-12-10-18(13(12)19)11-6-4-3-5-7-11/h3-7,12H,2,8-10H2,1H3,(H,17,20)/t12-/m1/s1. The van der Waals surface area contributed by atoms with Crippen LogP contribution in [0.3, 0.4) is 0 Å². The molecule has 0 bridgehead atoms. The third kappa shape index (κ3) is 2.34. The summed E-state index contributed by atoms with van der Waals surface area (Å²) in [5, 5.41) is 2.68. The highest BCUT2D eigenvalue weighted by atomic mass is 16.5. The quantitative estimate of drug-likeness (QED) is 0.497. The molecular weight excluding hydrogens is 284 g/mol. The molecule has 6 heteroatoms. The van der Waals surface area contributed by atoms with E-state index < -0.39 is 23.3 Å². The van der Waals surface area contributed by atoms with Crippen molar-refractivity contribution in [2.75, 3.05) is 18.1 Å². The minimum Gasteiger partial charge on any atom is -0.465 e. The Morgan fingerprint density at radius 2 is 2.00 bits per heavy atom. The molecule has 0 radical (unpaired) electrons. The van der Waals surface area contributed by atoms with Crippen LogP contribution in [-0.2, 0) is 19.1 Å². The summed E-state index contributed by atoms with van der Waals surface area (Å²) in [5.41, 5.74) is -0.256. The average molecular weight is 302 g/mol. The zero-order valence-electron chi connectivity index (χ0n) is 12.4. The number of ether oxygens (including phenoxy) is 1. The number of benzene rings is 1. The number of nitrogens with one attached hydrogen (secondary N) is 1. The number of nitrogens with zero attached hydrogens (tertiary/aromatic N) is 1. The van der Waals surface area contributed by atoms with Crippen LogP contribution < -0.4 is 10.2 Å². The second-order valence-electron chi connectivity index (χ2n) is 5.61. The fourth-order valence-electron chi connectivity index (χ4n) is 2.59. The third-order valence-corrected chi connectivity index (χ3v) is 4.15. The van der Waals surface area contributed by atoms with Gasteiger partial charge >= 0.3 is 5.97 Å². The van der Waals surface area contributed by atoms with E-state index in [4.69, 9.17) is 4.74 Å². The summed E-state index contributed by atoms with van der Waals surface area (Å²) < 4.78 is 4.95. The van der Waals surface area contributed by atoms with Gasteiger partial charge in [0.1, 0.15) is 11.5 Å². The maximum atomic E-state index is 12.3. The molecule has 1 heterocycles. The zero-order chi connectivity index (χ0) is 15.7. The predicted octanol–water partition coefficient (Wildman–Crippen LogP) is 0.861. The highest BCUT2D eigenvalue weighted by Gasteiger charge is 2.59. The van der Waals surface area contributed by atoms with Gasteiger partial charge in [0.05, 0.1) is 13.2 Å². The van der Waals surface area contributed by atoms with Crippen molar-refractivity contribution in [1.29, 1.82) is 0 Å². The number of anilines is 1. The van der Waals surface area contributed by atoms with Crippen LogP contribution in [0.15, 0.2) is 30.3 Å². The second-order valence-corrected chi connectivity index (χ2v) is 5.61. The summed E-state index contributed by atoms with van der Waals surface area (Å²) in [5.74, 6) is -1.03. The van der Waals surface area contributed by atoms with Gasteiger partial charge in [-0.05, 0) is 31.9 Å². The molecule has 2 aliphatic rings. The van der Waals surface area contributed by atoms with Crippen LogP contribution in [0, 0.1) is 5.41 Å². The Bertz CT molecular complexity index is 610. The van der Waals surface area contributed by atoms with Crippen molar-refractivity contribution in [2.24, 2.45) is 5.41 Å². The van der Waals surface area contributed by atoms with Gasteiger partial charge in [-0.15, -0.1) is 0 Å². The molecule has 1 aromatic rings. The Balaban J connectivity index is 1.59. The van der Waals surface area contributed by atoms with Gasteiger partial charge in [-0.3, -0.25) is 14.4 Å². The fourth-order valence-corrected chi connectivity index (χ4v) is 2.59. The number of esters is 1. The largest absolute Gasteiger partial charge is 0.465 e. The minimum absolute atomic E-state index is 0.154. The van der Waals surface area contributed by atoms with Crippen LogP contribution in [0.5, 0.6) is 0 Å². The maximum absolute atomic E-state index is 12.3. The van der Waals surface area contributed by atoms with Gasteiger partial charge in [0.25, 0.3) is 5.91 Å². The van der Waals surface area contributed by atoms with E-state index in [9.17, 15) is 14.4 Å². The fraction of sp³-hybridized carbons (Fsp3) is 0.438. The first-order valence-electron chi connectivity index (χ1n) is 7.43. The average Bonchev–Trinajstić information content (AvgIpc) is 3.33. The smallest absolute Gasteiger partial charge is 0.321 e. The number of carbonyl (C=O) groups excluding carboxylic acids is 3. The van der Waals surface area contributed by atoms with Crippen LogP contribution >= 0.6 is 0 Å². The summed E-state index contributed by atoms with van der Waals surface area (Å²) in [6.07, 6.45) is 0.974. The Hall–Kier alpha value is -2.37. The molecular formula is C16H18N2O4. The normalized spacial score (nSPS) is 21.8. The van der Waals surface area contributed by atoms with E-state index in [0.29, 0.717) is 19.4 Å². The number of para-hydroxylation sites is 1. The lowest BCUT2D eigenvalue weighted by Gasteiger charge is -2.39. The van der Waals surface area contributed by atoms with E-state index in [1.807, 2.05) is 30.3 Å². The van der Waals surface area contributed by atoms with Crippen LogP contribution in [0.25, 0.3) is 0 Å². The Morgan fingerprint density at radius 1 is 1.32 bits per heavy atom. The predicted molar refractivity (Wildman–Crippen MR) is 79.0 cm³/mol. The molecule has 3 rings (SSSR count). The van der Waals surface area contributed by atoms with Crippen molar-refractivity contribution in [3.63, 3.8) is 0 Å². The lowest BCUT2D eigenvalue weighted by molar-refractivity contribution is -0.155. The molecule has 1 saturated carbocycles. The van der Waals surface area contributed by atoms with E-state index >= 15 is 0 Å². The van der Waals surface area contributed by atoms with Gasteiger partial charge in [-0.1, -0.05) is 18.2 Å². The van der Waals surface area contributed by atoms with Crippen LogP contribution in [-0.4, -0.2) is 37.0 Å². The number of hydrogen-bond acceptors (Lipinski definition) is 4. The molecule has 1 saturated heterocycles. The molecule has 116 valence electrons. The summed E-state index contributed by atoms with van der Waals surface area (Å²) in [7, 11) is 0. The number of rotatable bonds is 5. The SMILES string of the molecule is CCOC(=O)C1(C(=O)N[C@@H]2CN(c3ccccc3)C2=O)CC1. The monoisotopic (exact) mass is 302 g/mol. The topological polar surface area (TPSA) is 75.7 Å². The van der Waals surface area contributed by atoms with Crippen molar-refractivity contribution >= 4 is 23.5 Å². The summed E-state index contributed by atoms with van der Waals surface area (Å²) in [6.45, 7) is 2.38. The molecule has 0 unspecified atom stereocenters. The molecule has 1 aromatic carbocycles. The number of amides is 2. The summed E-state index contributed by atoms with van der Waals surface area (Å²) in [6, 6.07) is 8.72. The van der Waals surface area contributed by atoms with Gasteiger partial charge in [0.2, 0.25) is 5.91 Å². The van der Waals surface area contributed by atoms with E-state index in [2.05, 4.69) is 5.32 Å².